The summed E-state index contributed by atoms with van der Waals surface area (Å²) in [5.41, 5.74) is -0.661. The van der Waals surface area contributed by atoms with Crippen molar-refractivity contribution in [1.82, 2.24) is 5.32 Å². The normalized spacial score (nSPS) is 25.4. The van der Waals surface area contributed by atoms with Gasteiger partial charge >= 0.3 is 5.97 Å². The van der Waals surface area contributed by atoms with Gasteiger partial charge in [-0.3, -0.25) is 4.79 Å². The largest absolute Gasteiger partial charge is 0.480 e. The van der Waals surface area contributed by atoms with Gasteiger partial charge in [-0.2, -0.15) is 0 Å². The highest BCUT2D eigenvalue weighted by Gasteiger charge is 2.42. The molecule has 0 saturated heterocycles. The highest BCUT2D eigenvalue weighted by Crippen LogP contribution is 2.33. The molecule has 0 bridgehead atoms. The van der Waals surface area contributed by atoms with E-state index < -0.39 is 11.5 Å². The monoisotopic (exact) mass is 465 g/mol. The summed E-state index contributed by atoms with van der Waals surface area (Å²) in [4.78, 5) is 24.1. The van der Waals surface area contributed by atoms with Crippen LogP contribution in [0.15, 0.2) is 22.7 Å². The Morgan fingerprint density at radius 3 is 2.57 bits per heavy atom. The number of rotatable bonds is 3. The maximum atomic E-state index is 12.5. The third kappa shape index (κ3) is 3.77. The fraction of sp³-hybridized carbons (Fsp3) is 0.467. The molecule has 0 aromatic heterocycles. The number of carbonyl (C=O) groups is 2. The summed E-state index contributed by atoms with van der Waals surface area (Å²) < 4.78 is 1.60. The lowest BCUT2D eigenvalue weighted by Crippen LogP contribution is -2.56. The van der Waals surface area contributed by atoms with Gasteiger partial charge in [-0.05, 0) is 88.3 Å². The minimum Gasteiger partial charge on any atom is -0.480 e. The van der Waals surface area contributed by atoms with Crippen LogP contribution in [0.4, 0.5) is 0 Å². The van der Waals surface area contributed by atoms with Crippen LogP contribution >= 0.6 is 38.5 Å². The molecule has 0 radical (unpaired) electrons. The lowest BCUT2D eigenvalue weighted by molar-refractivity contribution is -0.146. The number of halogens is 2. The van der Waals surface area contributed by atoms with E-state index >= 15 is 0 Å². The van der Waals surface area contributed by atoms with E-state index in [1.807, 2.05) is 6.07 Å². The first-order chi connectivity index (χ1) is 9.84. The smallest absolute Gasteiger partial charge is 0.329 e. The zero-order valence-electron chi connectivity index (χ0n) is 11.7. The van der Waals surface area contributed by atoms with Crippen LogP contribution in [0.3, 0.4) is 0 Å². The number of hydrogen-bond donors (Lipinski definition) is 2. The molecule has 1 aromatic rings. The Kier molecular flexibility index (Phi) is 5.29. The Labute approximate surface area is 146 Å². The molecule has 2 rings (SSSR count). The lowest BCUT2D eigenvalue weighted by Gasteiger charge is -2.36. The van der Waals surface area contributed by atoms with E-state index in [1.54, 1.807) is 12.1 Å². The lowest BCUT2D eigenvalue weighted by atomic mass is 9.77. The highest BCUT2D eigenvalue weighted by molar-refractivity contribution is 14.1. The van der Waals surface area contributed by atoms with Crippen LogP contribution < -0.4 is 5.32 Å². The van der Waals surface area contributed by atoms with Crippen LogP contribution in [-0.4, -0.2) is 22.5 Å². The molecule has 1 aromatic carbocycles. The number of nitrogens with one attached hydrogen (secondary N) is 1. The fourth-order valence-electron chi connectivity index (χ4n) is 2.60. The molecule has 0 atom stereocenters. The van der Waals surface area contributed by atoms with E-state index in [-0.39, 0.29) is 5.91 Å². The van der Waals surface area contributed by atoms with Crippen LogP contribution in [0.5, 0.6) is 0 Å². The number of carboxylic acid groups (broad SMARTS) is 1. The molecule has 1 fully saturated rings. The first-order valence-electron chi connectivity index (χ1n) is 6.85. The molecule has 1 amide bonds. The van der Waals surface area contributed by atoms with Gasteiger partial charge in [-0.1, -0.05) is 6.92 Å². The van der Waals surface area contributed by atoms with Crippen molar-refractivity contribution in [3.8, 4) is 0 Å². The van der Waals surface area contributed by atoms with Crippen LogP contribution in [0, 0.1) is 9.49 Å². The molecule has 0 unspecified atom stereocenters. The molecule has 6 heteroatoms. The Hall–Kier alpha value is -0.630. The second-order valence-electron chi connectivity index (χ2n) is 5.65. The van der Waals surface area contributed by atoms with E-state index in [4.69, 9.17) is 0 Å². The van der Waals surface area contributed by atoms with Crippen LogP contribution in [0.1, 0.15) is 43.0 Å². The summed E-state index contributed by atoms with van der Waals surface area (Å²) >= 11 is 5.48. The average Bonchev–Trinajstić information content (AvgIpc) is 2.44. The summed E-state index contributed by atoms with van der Waals surface area (Å²) in [5.74, 6) is -0.763. The molecule has 0 spiro atoms. The number of benzene rings is 1. The van der Waals surface area contributed by atoms with Gasteiger partial charge in [0.1, 0.15) is 5.54 Å². The zero-order chi connectivity index (χ0) is 15.6. The number of carboxylic acids is 1. The molecule has 4 nitrogen and oxygen atoms in total. The predicted molar refractivity (Wildman–Crippen MR) is 92.3 cm³/mol. The summed E-state index contributed by atoms with van der Waals surface area (Å²) in [7, 11) is 0. The number of carbonyl (C=O) groups excluding carboxylic acids is 1. The molecule has 21 heavy (non-hydrogen) atoms. The summed E-state index contributed by atoms with van der Waals surface area (Å²) in [6.07, 6.45) is 2.60. The van der Waals surface area contributed by atoms with Crippen molar-refractivity contribution in [1.29, 1.82) is 0 Å². The van der Waals surface area contributed by atoms with Crippen molar-refractivity contribution in [2.24, 2.45) is 5.92 Å². The van der Waals surface area contributed by atoms with Crippen molar-refractivity contribution < 1.29 is 14.7 Å². The van der Waals surface area contributed by atoms with Crippen LogP contribution in [0.25, 0.3) is 0 Å². The van der Waals surface area contributed by atoms with Crippen molar-refractivity contribution in [3.05, 3.63) is 31.8 Å². The van der Waals surface area contributed by atoms with E-state index in [0.717, 1.165) is 16.4 Å². The van der Waals surface area contributed by atoms with E-state index in [2.05, 4.69) is 50.8 Å². The molecule has 1 aliphatic carbocycles. The van der Waals surface area contributed by atoms with Gasteiger partial charge in [0.15, 0.2) is 0 Å². The zero-order valence-corrected chi connectivity index (χ0v) is 15.4. The Bertz CT molecular complexity index is 568. The second kappa shape index (κ2) is 6.64. The van der Waals surface area contributed by atoms with Gasteiger partial charge < -0.3 is 10.4 Å². The molecule has 1 aliphatic rings. The maximum absolute atomic E-state index is 12.5. The summed E-state index contributed by atoms with van der Waals surface area (Å²) in [6, 6.07) is 5.44. The van der Waals surface area contributed by atoms with Crippen molar-refractivity contribution in [2.45, 2.75) is 38.1 Å². The standard InChI is InChI=1S/C15H17BrINO3/c1-9-4-6-15(7-5-9,14(20)21)18-13(19)11-8-10(17)2-3-12(11)16/h2-3,8-9H,4-7H2,1H3,(H,18,19)(H,20,21). The van der Waals surface area contributed by atoms with E-state index in [1.165, 1.54) is 0 Å². The van der Waals surface area contributed by atoms with Gasteiger partial charge in [0.2, 0.25) is 0 Å². The van der Waals surface area contributed by atoms with Gasteiger partial charge in [-0.25, -0.2) is 4.79 Å². The molecular formula is C15H17BrINO3. The number of amides is 1. The SMILES string of the molecule is CC1CCC(NC(=O)c2cc(I)ccc2Br)(C(=O)O)CC1. The molecular weight excluding hydrogens is 449 g/mol. The van der Waals surface area contributed by atoms with Gasteiger partial charge in [0.25, 0.3) is 5.91 Å². The van der Waals surface area contributed by atoms with Crippen LogP contribution in [0.2, 0.25) is 0 Å². The minimum absolute atomic E-state index is 0.336. The Morgan fingerprint density at radius 2 is 2.00 bits per heavy atom. The Balaban J connectivity index is 2.23. The maximum Gasteiger partial charge on any atom is 0.329 e. The van der Waals surface area contributed by atoms with Crippen molar-refractivity contribution in [2.75, 3.05) is 0 Å². The van der Waals surface area contributed by atoms with E-state index in [0.29, 0.717) is 28.8 Å². The van der Waals surface area contributed by atoms with E-state index in [9.17, 15) is 14.7 Å². The molecule has 0 heterocycles. The first kappa shape index (κ1) is 16.7. The average molecular weight is 466 g/mol. The molecule has 1 saturated carbocycles. The van der Waals surface area contributed by atoms with Crippen molar-refractivity contribution in [3.63, 3.8) is 0 Å². The van der Waals surface area contributed by atoms with Gasteiger partial charge in [-0.15, -0.1) is 0 Å². The Morgan fingerprint density at radius 1 is 1.38 bits per heavy atom. The highest BCUT2D eigenvalue weighted by atomic mass is 127. The fourth-order valence-corrected chi connectivity index (χ4v) is 3.52. The first-order valence-corrected chi connectivity index (χ1v) is 8.72. The molecule has 0 aliphatic heterocycles. The second-order valence-corrected chi connectivity index (χ2v) is 7.75. The topological polar surface area (TPSA) is 66.4 Å². The minimum atomic E-state index is -1.13. The van der Waals surface area contributed by atoms with Gasteiger partial charge in [0, 0.05) is 8.04 Å². The third-order valence-corrected chi connectivity index (χ3v) is 5.43. The van der Waals surface area contributed by atoms with Crippen LogP contribution in [-0.2, 0) is 4.79 Å². The number of hydrogen-bond acceptors (Lipinski definition) is 2. The summed E-state index contributed by atoms with van der Waals surface area (Å²) in [5, 5.41) is 12.3. The van der Waals surface area contributed by atoms with Crippen molar-refractivity contribution >= 4 is 50.4 Å². The summed E-state index contributed by atoms with van der Waals surface area (Å²) in [6.45, 7) is 2.11. The quantitative estimate of drug-likeness (QED) is 0.667. The molecule has 2 N–H and O–H groups in total. The number of aliphatic carboxylic acids is 1. The predicted octanol–water partition coefficient (Wildman–Crippen LogP) is 3.82. The van der Waals surface area contributed by atoms with Gasteiger partial charge in [0.05, 0.1) is 5.56 Å². The molecule has 114 valence electrons. The third-order valence-electron chi connectivity index (χ3n) is 4.06.